The van der Waals surface area contributed by atoms with Crippen LogP contribution >= 0.6 is 0 Å². The molecule has 0 aliphatic heterocycles. The van der Waals surface area contributed by atoms with Gasteiger partial charge in [-0.2, -0.15) is 0 Å². The lowest BCUT2D eigenvalue weighted by molar-refractivity contribution is 0.0944. The third-order valence-electron chi connectivity index (χ3n) is 2.89. The molecule has 0 radical (unpaired) electrons. The predicted molar refractivity (Wildman–Crippen MR) is 71.1 cm³/mol. The minimum atomic E-state index is -0.115. The van der Waals surface area contributed by atoms with Crippen molar-refractivity contribution in [1.29, 1.82) is 0 Å². The topological polar surface area (TPSA) is 58.4 Å². The Labute approximate surface area is 103 Å². The number of aryl methyl sites for hydroxylation is 1. The zero-order valence-electron chi connectivity index (χ0n) is 10.9. The van der Waals surface area contributed by atoms with Gasteiger partial charge in [0, 0.05) is 18.3 Å². The van der Waals surface area contributed by atoms with Crippen LogP contribution in [0.2, 0.25) is 0 Å². The zero-order chi connectivity index (χ0) is 13.0. The van der Waals surface area contributed by atoms with Gasteiger partial charge in [-0.05, 0) is 45.6 Å². The van der Waals surface area contributed by atoms with Crippen molar-refractivity contribution in [3.8, 4) is 0 Å². The van der Waals surface area contributed by atoms with Gasteiger partial charge in [0.2, 0.25) is 0 Å². The number of hydrogen-bond acceptors (Lipinski definition) is 3. The van der Waals surface area contributed by atoms with Crippen molar-refractivity contribution < 1.29 is 4.79 Å². The Bertz CT molecular complexity index is 402. The Morgan fingerprint density at radius 3 is 2.65 bits per heavy atom. The van der Waals surface area contributed by atoms with Crippen LogP contribution in [0.15, 0.2) is 18.2 Å². The van der Waals surface area contributed by atoms with E-state index >= 15 is 0 Å². The molecule has 0 heterocycles. The summed E-state index contributed by atoms with van der Waals surface area (Å²) in [4.78, 5) is 13.9. The SMILES string of the molecule is Cc1ccc(C(=O)NCC(C)N(C)C)c(N)c1. The van der Waals surface area contributed by atoms with Gasteiger partial charge in [-0.1, -0.05) is 6.07 Å². The second-order valence-corrected chi connectivity index (χ2v) is 4.61. The fourth-order valence-electron chi connectivity index (χ4n) is 1.41. The number of hydrogen-bond donors (Lipinski definition) is 2. The number of benzene rings is 1. The molecule has 4 heteroatoms. The maximum absolute atomic E-state index is 11.9. The first-order valence-corrected chi connectivity index (χ1v) is 5.72. The molecule has 0 fully saturated rings. The van der Waals surface area contributed by atoms with Crippen LogP contribution in [0, 0.1) is 6.92 Å². The lowest BCUT2D eigenvalue weighted by atomic mass is 10.1. The van der Waals surface area contributed by atoms with Crippen LogP contribution in [0.5, 0.6) is 0 Å². The molecule has 0 aliphatic carbocycles. The van der Waals surface area contributed by atoms with Gasteiger partial charge < -0.3 is 16.0 Å². The Morgan fingerprint density at radius 2 is 2.12 bits per heavy atom. The smallest absolute Gasteiger partial charge is 0.253 e. The summed E-state index contributed by atoms with van der Waals surface area (Å²) in [5.41, 5.74) is 7.94. The monoisotopic (exact) mass is 235 g/mol. The molecule has 1 aromatic rings. The molecule has 0 bridgehead atoms. The summed E-state index contributed by atoms with van der Waals surface area (Å²) in [6.07, 6.45) is 0. The van der Waals surface area contributed by atoms with E-state index in [1.807, 2.05) is 33.2 Å². The third-order valence-corrected chi connectivity index (χ3v) is 2.89. The first kappa shape index (κ1) is 13.5. The summed E-state index contributed by atoms with van der Waals surface area (Å²) in [5.74, 6) is -0.115. The van der Waals surface area contributed by atoms with Gasteiger partial charge in [0.05, 0.1) is 5.56 Å². The van der Waals surface area contributed by atoms with E-state index in [2.05, 4.69) is 17.1 Å². The molecule has 3 N–H and O–H groups in total. The number of likely N-dealkylation sites (N-methyl/N-ethyl adjacent to an activating group) is 1. The van der Waals surface area contributed by atoms with Crippen LogP contribution in [-0.4, -0.2) is 37.5 Å². The molecule has 17 heavy (non-hydrogen) atoms. The fraction of sp³-hybridized carbons (Fsp3) is 0.462. The number of nitrogen functional groups attached to an aromatic ring is 1. The number of nitrogens with zero attached hydrogens (tertiary/aromatic N) is 1. The summed E-state index contributed by atoms with van der Waals surface area (Å²) in [6.45, 7) is 4.62. The van der Waals surface area contributed by atoms with E-state index in [9.17, 15) is 4.79 Å². The van der Waals surface area contributed by atoms with Crippen molar-refractivity contribution in [3.05, 3.63) is 29.3 Å². The third kappa shape index (κ3) is 3.75. The molecule has 0 saturated heterocycles. The van der Waals surface area contributed by atoms with E-state index in [1.54, 1.807) is 6.07 Å². The minimum Gasteiger partial charge on any atom is -0.398 e. The predicted octanol–water partition coefficient (Wildman–Crippen LogP) is 1.26. The molecule has 0 aliphatic rings. The lowest BCUT2D eigenvalue weighted by Gasteiger charge is -2.20. The highest BCUT2D eigenvalue weighted by Crippen LogP contribution is 2.13. The fourth-order valence-corrected chi connectivity index (χ4v) is 1.41. The Morgan fingerprint density at radius 1 is 1.47 bits per heavy atom. The summed E-state index contributed by atoms with van der Waals surface area (Å²) < 4.78 is 0. The maximum Gasteiger partial charge on any atom is 0.253 e. The first-order chi connectivity index (χ1) is 7.91. The van der Waals surface area contributed by atoms with E-state index < -0.39 is 0 Å². The minimum absolute atomic E-state index is 0.115. The van der Waals surface area contributed by atoms with E-state index in [0.29, 0.717) is 23.8 Å². The summed E-state index contributed by atoms with van der Waals surface area (Å²) in [6, 6.07) is 5.76. The standard InChI is InChI=1S/C13H21N3O/c1-9-5-6-11(12(14)7-9)13(17)15-8-10(2)16(3)4/h5-7,10H,8,14H2,1-4H3,(H,15,17). The molecular formula is C13H21N3O. The molecule has 4 nitrogen and oxygen atoms in total. The van der Waals surface area contributed by atoms with Crippen LogP contribution in [0.25, 0.3) is 0 Å². The van der Waals surface area contributed by atoms with Gasteiger partial charge in [-0.3, -0.25) is 4.79 Å². The molecule has 1 amide bonds. The van der Waals surface area contributed by atoms with Gasteiger partial charge >= 0.3 is 0 Å². The van der Waals surface area contributed by atoms with Crippen LogP contribution in [-0.2, 0) is 0 Å². The van der Waals surface area contributed by atoms with E-state index in [-0.39, 0.29) is 5.91 Å². The van der Waals surface area contributed by atoms with E-state index in [1.165, 1.54) is 0 Å². The van der Waals surface area contributed by atoms with Crippen LogP contribution in [0.3, 0.4) is 0 Å². The van der Waals surface area contributed by atoms with Gasteiger partial charge in [-0.25, -0.2) is 0 Å². The van der Waals surface area contributed by atoms with E-state index in [4.69, 9.17) is 5.73 Å². The van der Waals surface area contributed by atoms with Gasteiger partial charge in [0.1, 0.15) is 0 Å². The number of carbonyl (C=O) groups is 1. The average Bonchev–Trinajstić information content (AvgIpc) is 2.25. The number of rotatable bonds is 4. The second kappa shape index (κ2) is 5.68. The van der Waals surface area contributed by atoms with Crippen molar-refractivity contribution >= 4 is 11.6 Å². The number of nitrogens with one attached hydrogen (secondary N) is 1. The highest BCUT2D eigenvalue weighted by Gasteiger charge is 2.11. The maximum atomic E-state index is 11.9. The van der Waals surface area contributed by atoms with Crippen molar-refractivity contribution in [3.63, 3.8) is 0 Å². The summed E-state index contributed by atoms with van der Waals surface area (Å²) in [7, 11) is 3.97. The highest BCUT2D eigenvalue weighted by atomic mass is 16.1. The van der Waals surface area contributed by atoms with Crippen LogP contribution in [0.4, 0.5) is 5.69 Å². The Kier molecular flexibility index (Phi) is 4.52. The Hall–Kier alpha value is -1.55. The van der Waals surface area contributed by atoms with Crippen molar-refractivity contribution in [2.75, 3.05) is 26.4 Å². The largest absolute Gasteiger partial charge is 0.398 e. The molecule has 1 unspecified atom stereocenters. The lowest BCUT2D eigenvalue weighted by Crippen LogP contribution is -2.38. The molecule has 0 saturated carbocycles. The van der Waals surface area contributed by atoms with Crippen molar-refractivity contribution in [2.24, 2.45) is 0 Å². The molecule has 1 atom stereocenters. The Balaban J connectivity index is 2.64. The number of anilines is 1. The normalized spacial score (nSPS) is 12.5. The zero-order valence-corrected chi connectivity index (χ0v) is 10.9. The van der Waals surface area contributed by atoms with Crippen LogP contribution < -0.4 is 11.1 Å². The quantitative estimate of drug-likeness (QED) is 0.772. The van der Waals surface area contributed by atoms with E-state index in [0.717, 1.165) is 5.56 Å². The first-order valence-electron chi connectivity index (χ1n) is 5.72. The number of amides is 1. The second-order valence-electron chi connectivity index (χ2n) is 4.61. The van der Waals surface area contributed by atoms with Gasteiger partial charge in [0.15, 0.2) is 0 Å². The average molecular weight is 235 g/mol. The van der Waals surface area contributed by atoms with Gasteiger partial charge in [0.25, 0.3) is 5.91 Å². The molecular weight excluding hydrogens is 214 g/mol. The molecule has 94 valence electrons. The molecule has 1 aromatic carbocycles. The van der Waals surface area contributed by atoms with Gasteiger partial charge in [-0.15, -0.1) is 0 Å². The molecule has 0 aromatic heterocycles. The molecule has 0 spiro atoms. The van der Waals surface area contributed by atoms with Crippen LogP contribution in [0.1, 0.15) is 22.8 Å². The summed E-state index contributed by atoms with van der Waals surface area (Å²) in [5, 5.41) is 2.88. The summed E-state index contributed by atoms with van der Waals surface area (Å²) >= 11 is 0. The van der Waals surface area contributed by atoms with Crippen molar-refractivity contribution in [2.45, 2.75) is 19.9 Å². The van der Waals surface area contributed by atoms with Crippen molar-refractivity contribution in [1.82, 2.24) is 10.2 Å². The number of carbonyl (C=O) groups excluding carboxylic acids is 1. The molecule has 1 rings (SSSR count). The highest BCUT2D eigenvalue weighted by molar-refractivity contribution is 5.99. The number of nitrogens with two attached hydrogens (primary N) is 1.